The van der Waals surface area contributed by atoms with E-state index in [-0.39, 0.29) is 12.0 Å². The lowest BCUT2D eigenvalue weighted by atomic mass is 10.2. The summed E-state index contributed by atoms with van der Waals surface area (Å²) < 4.78 is 5.58. The third-order valence-electron chi connectivity index (χ3n) is 3.15. The lowest BCUT2D eigenvalue weighted by Crippen LogP contribution is -2.36. The normalized spacial score (nSPS) is 16.3. The van der Waals surface area contributed by atoms with Gasteiger partial charge in [0.25, 0.3) is 5.91 Å². The molecule has 2 rings (SSSR count). The number of amides is 1. The number of hydrogen-bond acceptors (Lipinski definition) is 3. The molecule has 98 valence electrons. The molecule has 4 nitrogen and oxygen atoms in total. The summed E-state index contributed by atoms with van der Waals surface area (Å²) in [7, 11) is 1.80. The Bertz CT molecular complexity index is 390. The molecule has 1 aromatic rings. The fourth-order valence-electron chi connectivity index (χ4n) is 1.79. The highest BCUT2D eigenvalue weighted by Crippen LogP contribution is 2.29. The van der Waals surface area contributed by atoms with E-state index >= 15 is 0 Å². The van der Waals surface area contributed by atoms with Crippen LogP contribution in [0.5, 0.6) is 0 Å². The van der Waals surface area contributed by atoms with Gasteiger partial charge in [-0.05, 0) is 37.3 Å². The first-order chi connectivity index (χ1) is 8.66. The molecule has 0 aromatic carbocycles. The topological polar surface area (TPSA) is 42.4 Å². The van der Waals surface area contributed by atoms with Crippen LogP contribution in [0.3, 0.4) is 0 Å². The summed E-state index contributed by atoms with van der Waals surface area (Å²) in [6, 6.07) is 3.84. The second kappa shape index (κ2) is 5.96. The molecule has 1 heterocycles. The lowest BCUT2D eigenvalue weighted by Gasteiger charge is -2.21. The largest absolute Gasteiger partial charge is 0.368 e. The van der Waals surface area contributed by atoms with E-state index < -0.39 is 0 Å². The zero-order valence-electron chi connectivity index (χ0n) is 11.0. The van der Waals surface area contributed by atoms with Gasteiger partial charge in [-0.25, -0.2) is 0 Å². The molecule has 0 radical (unpaired) electrons. The van der Waals surface area contributed by atoms with E-state index in [4.69, 9.17) is 4.74 Å². The Morgan fingerprint density at radius 2 is 2.39 bits per heavy atom. The maximum Gasteiger partial charge on any atom is 0.251 e. The summed E-state index contributed by atoms with van der Waals surface area (Å²) in [5.74, 6) is 0.711. The smallest absolute Gasteiger partial charge is 0.251 e. The Kier molecular flexibility index (Phi) is 4.31. The maximum absolute atomic E-state index is 12.1. The van der Waals surface area contributed by atoms with E-state index in [1.807, 2.05) is 19.1 Å². The van der Waals surface area contributed by atoms with Crippen molar-refractivity contribution < 1.29 is 9.53 Å². The van der Waals surface area contributed by atoms with Crippen molar-refractivity contribution in [3.05, 3.63) is 30.1 Å². The number of aromatic nitrogens is 1. The fraction of sp³-hybridized carbons (Fsp3) is 0.571. The Balaban J connectivity index is 1.79. The molecule has 1 amide bonds. The zero-order valence-corrected chi connectivity index (χ0v) is 11.0. The highest BCUT2D eigenvalue weighted by Gasteiger charge is 2.25. The van der Waals surface area contributed by atoms with Gasteiger partial charge in [-0.15, -0.1) is 0 Å². The summed E-state index contributed by atoms with van der Waals surface area (Å²) in [6.45, 7) is 3.11. The van der Waals surface area contributed by atoms with Gasteiger partial charge in [-0.1, -0.05) is 6.07 Å². The number of rotatable bonds is 6. The van der Waals surface area contributed by atoms with Gasteiger partial charge in [0.1, 0.15) is 6.10 Å². The van der Waals surface area contributed by atoms with Crippen LogP contribution >= 0.6 is 0 Å². The predicted molar refractivity (Wildman–Crippen MR) is 68.8 cm³/mol. The monoisotopic (exact) mass is 248 g/mol. The van der Waals surface area contributed by atoms with Crippen molar-refractivity contribution in [3.8, 4) is 0 Å². The van der Waals surface area contributed by atoms with Gasteiger partial charge in [-0.2, -0.15) is 0 Å². The van der Waals surface area contributed by atoms with Gasteiger partial charge >= 0.3 is 0 Å². The Morgan fingerprint density at radius 1 is 1.61 bits per heavy atom. The number of ether oxygens (including phenoxy) is 1. The molecule has 1 aliphatic rings. The molecule has 0 bridgehead atoms. The average molecular weight is 248 g/mol. The highest BCUT2D eigenvalue weighted by molar-refractivity contribution is 5.80. The molecule has 1 unspecified atom stereocenters. The summed E-state index contributed by atoms with van der Waals surface area (Å²) >= 11 is 0. The van der Waals surface area contributed by atoms with E-state index in [2.05, 4.69) is 4.98 Å². The van der Waals surface area contributed by atoms with Gasteiger partial charge in [0.05, 0.1) is 6.61 Å². The molecule has 1 atom stereocenters. The summed E-state index contributed by atoms with van der Waals surface area (Å²) in [6.07, 6.45) is 5.64. The summed E-state index contributed by atoms with van der Waals surface area (Å²) in [4.78, 5) is 17.8. The van der Waals surface area contributed by atoms with Gasteiger partial charge < -0.3 is 9.64 Å². The number of nitrogens with zero attached hydrogens (tertiary/aromatic N) is 2. The highest BCUT2D eigenvalue weighted by atomic mass is 16.5. The number of hydrogen-bond donors (Lipinski definition) is 0. The second-order valence-electron chi connectivity index (χ2n) is 4.97. The van der Waals surface area contributed by atoms with Crippen LogP contribution in [0.15, 0.2) is 24.5 Å². The molecular weight excluding hydrogens is 228 g/mol. The Hall–Kier alpha value is -1.42. The first-order valence-corrected chi connectivity index (χ1v) is 6.42. The summed E-state index contributed by atoms with van der Waals surface area (Å²) in [5.41, 5.74) is 1.03. The predicted octanol–water partition coefficient (Wildman–Crippen LogP) is 1.86. The lowest BCUT2D eigenvalue weighted by molar-refractivity contribution is -0.142. The van der Waals surface area contributed by atoms with E-state index in [0.29, 0.717) is 19.1 Å². The Morgan fingerprint density at radius 3 is 3.00 bits per heavy atom. The number of pyridine rings is 1. The minimum Gasteiger partial charge on any atom is -0.368 e. The second-order valence-corrected chi connectivity index (χ2v) is 4.97. The van der Waals surface area contributed by atoms with Crippen LogP contribution in [0.1, 0.15) is 25.3 Å². The van der Waals surface area contributed by atoms with Crippen LogP contribution in [-0.2, 0) is 16.1 Å². The van der Waals surface area contributed by atoms with Crippen LogP contribution in [-0.4, -0.2) is 35.5 Å². The molecule has 0 aliphatic heterocycles. The van der Waals surface area contributed by atoms with Crippen molar-refractivity contribution in [1.82, 2.24) is 9.88 Å². The van der Waals surface area contributed by atoms with E-state index in [9.17, 15) is 4.79 Å². The van der Waals surface area contributed by atoms with Crippen molar-refractivity contribution in [2.45, 2.75) is 32.4 Å². The first kappa shape index (κ1) is 13.0. The maximum atomic E-state index is 12.1. The zero-order chi connectivity index (χ0) is 13.0. The van der Waals surface area contributed by atoms with Gasteiger partial charge in [-0.3, -0.25) is 9.78 Å². The number of carbonyl (C=O) groups excluding carboxylic acids is 1. The molecule has 1 aliphatic carbocycles. The molecule has 0 spiro atoms. The van der Waals surface area contributed by atoms with Crippen LogP contribution in [0.25, 0.3) is 0 Å². The van der Waals surface area contributed by atoms with Gasteiger partial charge in [0.15, 0.2) is 0 Å². The molecule has 1 fully saturated rings. The fourth-order valence-corrected chi connectivity index (χ4v) is 1.79. The van der Waals surface area contributed by atoms with Crippen molar-refractivity contribution >= 4 is 5.91 Å². The van der Waals surface area contributed by atoms with Crippen molar-refractivity contribution in [2.75, 3.05) is 13.7 Å². The molecule has 1 saturated carbocycles. The number of carbonyl (C=O) groups is 1. The SMILES string of the molecule is CC(OCC1CC1)C(=O)N(C)Cc1cccnc1. The Labute approximate surface area is 108 Å². The van der Waals surface area contributed by atoms with Crippen molar-refractivity contribution in [1.29, 1.82) is 0 Å². The standard InChI is InChI=1S/C14H20N2O2/c1-11(18-10-12-5-6-12)14(17)16(2)9-13-4-3-7-15-8-13/h3-4,7-8,11-12H,5-6,9-10H2,1-2H3. The van der Waals surface area contributed by atoms with E-state index in [0.717, 1.165) is 5.56 Å². The molecule has 0 N–H and O–H groups in total. The van der Waals surface area contributed by atoms with Gasteiger partial charge in [0, 0.05) is 26.0 Å². The third kappa shape index (κ3) is 3.81. The van der Waals surface area contributed by atoms with Crippen LogP contribution in [0, 0.1) is 5.92 Å². The molecule has 4 heteroatoms. The minimum absolute atomic E-state index is 0.0273. The molecular formula is C14H20N2O2. The molecule has 1 aromatic heterocycles. The van der Waals surface area contributed by atoms with Gasteiger partial charge in [0.2, 0.25) is 0 Å². The van der Waals surface area contributed by atoms with Crippen LogP contribution < -0.4 is 0 Å². The first-order valence-electron chi connectivity index (χ1n) is 6.42. The van der Waals surface area contributed by atoms with E-state index in [1.54, 1.807) is 24.3 Å². The minimum atomic E-state index is -0.354. The van der Waals surface area contributed by atoms with Crippen LogP contribution in [0.2, 0.25) is 0 Å². The molecule has 18 heavy (non-hydrogen) atoms. The quantitative estimate of drug-likeness (QED) is 0.771. The van der Waals surface area contributed by atoms with Crippen molar-refractivity contribution in [2.24, 2.45) is 5.92 Å². The average Bonchev–Trinajstić information content (AvgIpc) is 3.20. The molecule has 0 saturated heterocycles. The van der Waals surface area contributed by atoms with Crippen molar-refractivity contribution in [3.63, 3.8) is 0 Å². The summed E-state index contributed by atoms with van der Waals surface area (Å²) in [5, 5.41) is 0. The van der Waals surface area contributed by atoms with E-state index in [1.165, 1.54) is 12.8 Å². The number of likely N-dealkylation sites (N-methyl/N-ethyl adjacent to an activating group) is 1. The van der Waals surface area contributed by atoms with Crippen LogP contribution in [0.4, 0.5) is 0 Å². The third-order valence-corrected chi connectivity index (χ3v) is 3.15.